The number of hydrogen-bond acceptors (Lipinski definition) is 4. The van der Waals surface area contributed by atoms with Gasteiger partial charge < -0.3 is 10.2 Å². The largest absolute Gasteiger partial charge is 0.337 e. The topological polar surface area (TPSA) is 63.1 Å². The summed E-state index contributed by atoms with van der Waals surface area (Å²) in [6.45, 7) is 5.22. The van der Waals surface area contributed by atoms with Crippen molar-refractivity contribution in [3.8, 4) is 11.3 Å². The minimum Gasteiger partial charge on any atom is -0.337 e. The second kappa shape index (κ2) is 6.88. The normalized spacial score (nSPS) is 15.2. The van der Waals surface area contributed by atoms with Crippen LogP contribution in [0.2, 0.25) is 0 Å². The standard InChI is InChI=1S/C20H23N5O/c1-14-18-16(20(26)25-11-6-9-21-10-12-25)13-17(15-7-4-3-5-8-15)22-19(18)24(2)23-14/h3-5,7-8,13,21H,6,9-12H2,1-2H3. The van der Waals surface area contributed by atoms with E-state index in [1.54, 1.807) is 4.68 Å². The molecule has 1 fully saturated rings. The molecule has 2 aromatic heterocycles. The van der Waals surface area contributed by atoms with E-state index < -0.39 is 0 Å². The number of hydrogen-bond donors (Lipinski definition) is 1. The number of amides is 1. The van der Waals surface area contributed by atoms with Crippen LogP contribution in [0.3, 0.4) is 0 Å². The Morgan fingerprint density at radius 1 is 1.15 bits per heavy atom. The number of nitrogens with zero attached hydrogens (tertiary/aromatic N) is 4. The zero-order valence-corrected chi connectivity index (χ0v) is 15.2. The number of nitrogens with one attached hydrogen (secondary N) is 1. The van der Waals surface area contributed by atoms with Gasteiger partial charge in [0.1, 0.15) is 0 Å². The minimum absolute atomic E-state index is 0.0642. The van der Waals surface area contributed by atoms with Crippen molar-refractivity contribution in [3.05, 3.63) is 47.7 Å². The maximum atomic E-state index is 13.3. The van der Waals surface area contributed by atoms with Gasteiger partial charge in [0.15, 0.2) is 5.65 Å². The molecule has 1 saturated heterocycles. The van der Waals surface area contributed by atoms with E-state index in [1.807, 2.05) is 55.3 Å². The van der Waals surface area contributed by atoms with Crippen molar-refractivity contribution in [2.24, 2.45) is 7.05 Å². The summed E-state index contributed by atoms with van der Waals surface area (Å²) in [6, 6.07) is 11.9. The molecule has 0 saturated carbocycles. The van der Waals surface area contributed by atoms with Crippen molar-refractivity contribution in [1.82, 2.24) is 25.0 Å². The van der Waals surface area contributed by atoms with Gasteiger partial charge in [-0.15, -0.1) is 0 Å². The Hall–Kier alpha value is -2.73. The number of pyridine rings is 1. The Morgan fingerprint density at radius 2 is 1.96 bits per heavy atom. The summed E-state index contributed by atoms with van der Waals surface area (Å²) in [4.78, 5) is 20.1. The molecule has 6 heteroatoms. The summed E-state index contributed by atoms with van der Waals surface area (Å²) in [5.41, 5.74) is 4.09. The van der Waals surface area contributed by atoms with Crippen molar-refractivity contribution in [1.29, 1.82) is 0 Å². The first-order valence-corrected chi connectivity index (χ1v) is 9.05. The van der Waals surface area contributed by atoms with Gasteiger partial charge >= 0.3 is 0 Å². The monoisotopic (exact) mass is 349 g/mol. The molecule has 0 aliphatic carbocycles. The van der Waals surface area contributed by atoms with E-state index in [2.05, 4.69) is 10.4 Å². The van der Waals surface area contributed by atoms with Gasteiger partial charge in [-0.1, -0.05) is 30.3 Å². The molecular weight excluding hydrogens is 326 g/mol. The molecule has 1 aromatic carbocycles. The molecule has 3 heterocycles. The van der Waals surface area contributed by atoms with E-state index in [0.717, 1.165) is 60.6 Å². The average molecular weight is 349 g/mol. The number of carbonyl (C=O) groups is 1. The summed E-state index contributed by atoms with van der Waals surface area (Å²) >= 11 is 0. The minimum atomic E-state index is 0.0642. The van der Waals surface area contributed by atoms with Gasteiger partial charge in [-0.3, -0.25) is 9.48 Å². The van der Waals surface area contributed by atoms with Crippen LogP contribution in [0.1, 0.15) is 22.5 Å². The molecule has 3 aromatic rings. The first-order chi connectivity index (χ1) is 12.6. The highest BCUT2D eigenvalue weighted by Gasteiger charge is 2.23. The average Bonchev–Trinajstić information content (AvgIpc) is 2.86. The fourth-order valence-corrected chi connectivity index (χ4v) is 3.59. The molecule has 6 nitrogen and oxygen atoms in total. The third-order valence-corrected chi connectivity index (χ3v) is 4.90. The molecule has 134 valence electrons. The van der Waals surface area contributed by atoms with Crippen LogP contribution in [0.15, 0.2) is 36.4 Å². The van der Waals surface area contributed by atoms with Crippen molar-refractivity contribution in [3.63, 3.8) is 0 Å². The summed E-state index contributed by atoms with van der Waals surface area (Å²) in [7, 11) is 1.88. The summed E-state index contributed by atoms with van der Waals surface area (Å²) in [5.74, 6) is 0.0642. The van der Waals surface area contributed by atoms with Gasteiger partial charge in [0.05, 0.1) is 22.3 Å². The van der Waals surface area contributed by atoms with E-state index in [-0.39, 0.29) is 5.91 Å². The lowest BCUT2D eigenvalue weighted by atomic mass is 10.0. The number of aryl methyl sites for hydroxylation is 2. The van der Waals surface area contributed by atoms with E-state index in [1.165, 1.54) is 0 Å². The highest BCUT2D eigenvalue weighted by molar-refractivity contribution is 6.07. The third kappa shape index (κ3) is 2.97. The van der Waals surface area contributed by atoms with Crippen LogP contribution in [-0.4, -0.2) is 51.8 Å². The van der Waals surface area contributed by atoms with E-state index in [4.69, 9.17) is 4.98 Å². The SMILES string of the molecule is Cc1nn(C)c2nc(-c3ccccc3)cc(C(=O)N3CCCNCC3)c12. The molecule has 0 spiro atoms. The lowest BCUT2D eigenvalue weighted by molar-refractivity contribution is 0.0768. The van der Waals surface area contributed by atoms with E-state index in [9.17, 15) is 4.79 Å². The number of fused-ring (bicyclic) bond motifs is 1. The Labute approximate surface area is 152 Å². The predicted molar refractivity (Wildman–Crippen MR) is 102 cm³/mol. The second-order valence-electron chi connectivity index (χ2n) is 6.72. The van der Waals surface area contributed by atoms with Gasteiger partial charge in [-0.25, -0.2) is 4.98 Å². The Kier molecular flexibility index (Phi) is 4.42. The molecule has 1 amide bonds. The molecule has 1 aliphatic rings. The molecular formula is C20H23N5O. The van der Waals surface area contributed by atoms with Gasteiger partial charge in [-0.05, 0) is 26.0 Å². The van der Waals surface area contributed by atoms with E-state index in [0.29, 0.717) is 5.56 Å². The zero-order valence-electron chi connectivity index (χ0n) is 15.2. The molecule has 4 rings (SSSR count). The fourth-order valence-electron chi connectivity index (χ4n) is 3.59. The molecule has 1 N–H and O–H groups in total. The molecule has 0 unspecified atom stereocenters. The molecule has 0 bridgehead atoms. The zero-order chi connectivity index (χ0) is 18.1. The molecule has 0 atom stereocenters. The number of rotatable bonds is 2. The van der Waals surface area contributed by atoms with Crippen LogP contribution in [0, 0.1) is 6.92 Å². The third-order valence-electron chi connectivity index (χ3n) is 4.90. The molecule has 1 aliphatic heterocycles. The number of carbonyl (C=O) groups excluding carboxylic acids is 1. The maximum absolute atomic E-state index is 13.3. The molecule has 0 radical (unpaired) electrons. The summed E-state index contributed by atoms with van der Waals surface area (Å²) in [5, 5.41) is 8.71. The number of aromatic nitrogens is 3. The highest BCUT2D eigenvalue weighted by Crippen LogP contribution is 2.27. The molecule has 26 heavy (non-hydrogen) atoms. The fraction of sp³-hybridized carbons (Fsp3) is 0.350. The smallest absolute Gasteiger partial charge is 0.254 e. The van der Waals surface area contributed by atoms with E-state index >= 15 is 0 Å². The maximum Gasteiger partial charge on any atom is 0.254 e. The second-order valence-corrected chi connectivity index (χ2v) is 6.72. The Morgan fingerprint density at radius 3 is 2.77 bits per heavy atom. The quantitative estimate of drug-likeness (QED) is 0.772. The van der Waals surface area contributed by atoms with Crippen LogP contribution in [0.5, 0.6) is 0 Å². The van der Waals surface area contributed by atoms with Crippen molar-refractivity contribution in [2.45, 2.75) is 13.3 Å². The first-order valence-electron chi connectivity index (χ1n) is 9.05. The lowest BCUT2D eigenvalue weighted by Gasteiger charge is -2.21. The van der Waals surface area contributed by atoms with Crippen molar-refractivity contribution < 1.29 is 4.79 Å². The van der Waals surface area contributed by atoms with Crippen LogP contribution >= 0.6 is 0 Å². The van der Waals surface area contributed by atoms with Gasteiger partial charge in [0, 0.05) is 32.2 Å². The van der Waals surface area contributed by atoms with Crippen molar-refractivity contribution in [2.75, 3.05) is 26.2 Å². The van der Waals surface area contributed by atoms with Gasteiger partial charge in [-0.2, -0.15) is 5.10 Å². The van der Waals surface area contributed by atoms with Gasteiger partial charge in [0.25, 0.3) is 5.91 Å². The summed E-state index contributed by atoms with van der Waals surface area (Å²) in [6.07, 6.45) is 0.970. The van der Waals surface area contributed by atoms with Crippen LogP contribution in [0.25, 0.3) is 22.3 Å². The Bertz CT molecular complexity index is 940. The van der Waals surface area contributed by atoms with Crippen LogP contribution < -0.4 is 5.32 Å². The first kappa shape index (κ1) is 16.7. The summed E-state index contributed by atoms with van der Waals surface area (Å²) < 4.78 is 1.76. The van der Waals surface area contributed by atoms with Crippen molar-refractivity contribution >= 4 is 16.9 Å². The Balaban J connectivity index is 1.87. The van der Waals surface area contributed by atoms with Gasteiger partial charge in [0.2, 0.25) is 0 Å². The van der Waals surface area contributed by atoms with Crippen LogP contribution in [-0.2, 0) is 7.05 Å². The predicted octanol–water partition coefficient (Wildman–Crippen LogP) is 2.38. The highest BCUT2D eigenvalue weighted by atomic mass is 16.2. The number of benzene rings is 1. The lowest BCUT2D eigenvalue weighted by Crippen LogP contribution is -2.34. The van der Waals surface area contributed by atoms with Crippen LogP contribution in [0.4, 0.5) is 0 Å².